The molecule has 4 aliphatic rings. The van der Waals surface area contributed by atoms with Crippen LogP contribution in [0, 0.1) is 17.8 Å². The number of ether oxygens (including phenoxy) is 2. The highest BCUT2D eigenvalue weighted by Gasteiger charge is 2.64. The van der Waals surface area contributed by atoms with Gasteiger partial charge in [-0.05, 0) is 81.1 Å². The van der Waals surface area contributed by atoms with Gasteiger partial charge in [-0.25, -0.2) is 0 Å². The SMILES string of the molecule is C=CCOC12Oc3ccc(O)cc3C3C(CCCCO)C(CCCCO)C=C(C(=NOCC)CC1SC1CCCC1)C32. The van der Waals surface area contributed by atoms with Crippen LogP contribution in [0.4, 0.5) is 0 Å². The number of thioether (sulfide) groups is 1. The highest BCUT2D eigenvalue weighted by molar-refractivity contribution is 8.00. The van der Waals surface area contributed by atoms with Crippen molar-refractivity contribution < 1.29 is 29.6 Å². The van der Waals surface area contributed by atoms with Gasteiger partial charge in [0.2, 0.25) is 5.79 Å². The van der Waals surface area contributed by atoms with Gasteiger partial charge in [0.15, 0.2) is 0 Å². The van der Waals surface area contributed by atoms with Crippen LogP contribution in [0.3, 0.4) is 0 Å². The van der Waals surface area contributed by atoms with Crippen LogP contribution in [0.2, 0.25) is 0 Å². The van der Waals surface area contributed by atoms with E-state index in [1.807, 2.05) is 36.9 Å². The van der Waals surface area contributed by atoms with E-state index in [1.165, 1.54) is 25.7 Å². The highest BCUT2D eigenvalue weighted by Crippen LogP contribution is 2.63. The number of benzene rings is 1. The number of fused-ring (bicyclic) bond motifs is 2. The van der Waals surface area contributed by atoms with Gasteiger partial charge in [-0.2, -0.15) is 0 Å². The van der Waals surface area contributed by atoms with Crippen molar-refractivity contribution in [3.8, 4) is 11.5 Å². The molecule has 3 aliphatic carbocycles. The molecule has 3 N–H and O–H groups in total. The summed E-state index contributed by atoms with van der Waals surface area (Å²) in [5.41, 5.74) is 3.14. The van der Waals surface area contributed by atoms with Gasteiger partial charge in [0.25, 0.3) is 0 Å². The summed E-state index contributed by atoms with van der Waals surface area (Å²) in [6.07, 6.45) is 15.1. The lowest BCUT2D eigenvalue weighted by Crippen LogP contribution is -2.64. The molecule has 2 fully saturated rings. The summed E-state index contributed by atoms with van der Waals surface area (Å²) < 4.78 is 14.0. The van der Waals surface area contributed by atoms with Crippen molar-refractivity contribution >= 4 is 17.5 Å². The number of unbranched alkanes of at least 4 members (excludes halogenated alkanes) is 2. The zero-order valence-electron chi connectivity index (χ0n) is 25.1. The summed E-state index contributed by atoms with van der Waals surface area (Å²) >= 11 is 2.00. The van der Waals surface area contributed by atoms with Gasteiger partial charge in [-0.15, -0.1) is 18.3 Å². The van der Waals surface area contributed by atoms with E-state index in [0.29, 0.717) is 24.9 Å². The number of phenols is 1. The average molecular weight is 600 g/mol. The Balaban J connectivity index is 1.69. The van der Waals surface area contributed by atoms with E-state index in [9.17, 15) is 15.3 Å². The average Bonchev–Trinajstić information content (AvgIpc) is 3.51. The van der Waals surface area contributed by atoms with E-state index in [4.69, 9.17) is 19.5 Å². The Morgan fingerprint density at radius 1 is 1.12 bits per heavy atom. The Bertz CT molecular complexity index is 1120. The third kappa shape index (κ3) is 6.42. The van der Waals surface area contributed by atoms with Crippen LogP contribution < -0.4 is 4.74 Å². The third-order valence-corrected chi connectivity index (χ3v) is 11.3. The lowest BCUT2D eigenvalue weighted by atomic mass is 9.56. The van der Waals surface area contributed by atoms with Crippen molar-refractivity contribution in [3.05, 3.63) is 48.1 Å². The second-order valence-corrected chi connectivity index (χ2v) is 13.7. The summed E-state index contributed by atoms with van der Waals surface area (Å²) in [6, 6.07) is 5.51. The first-order chi connectivity index (χ1) is 20.6. The number of phenolic OH excluding ortho intramolecular Hbond substituents is 1. The monoisotopic (exact) mass is 599 g/mol. The molecule has 0 spiro atoms. The first-order valence-corrected chi connectivity index (χ1v) is 17.0. The van der Waals surface area contributed by atoms with E-state index in [-0.39, 0.29) is 47.9 Å². The molecular formula is C34H49NO6S. The van der Waals surface area contributed by atoms with Gasteiger partial charge in [0.1, 0.15) is 18.1 Å². The number of nitrogens with zero attached hydrogens (tertiary/aromatic N) is 1. The molecule has 1 aromatic rings. The molecule has 2 saturated carbocycles. The van der Waals surface area contributed by atoms with E-state index in [1.54, 1.807) is 6.07 Å². The fraction of sp³-hybridized carbons (Fsp3) is 0.676. The van der Waals surface area contributed by atoms with Crippen molar-refractivity contribution in [2.45, 2.75) is 99.8 Å². The molecule has 6 atom stereocenters. The zero-order chi connectivity index (χ0) is 29.5. The molecule has 1 heterocycles. The van der Waals surface area contributed by atoms with E-state index in [2.05, 4.69) is 12.7 Å². The number of oxime groups is 1. The van der Waals surface area contributed by atoms with Gasteiger partial charge < -0.3 is 29.6 Å². The summed E-state index contributed by atoms with van der Waals surface area (Å²) in [6.45, 7) is 7.19. The van der Waals surface area contributed by atoms with Crippen LogP contribution in [-0.4, -0.2) is 63.7 Å². The first-order valence-electron chi connectivity index (χ1n) is 16.1. The summed E-state index contributed by atoms with van der Waals surface area (Å²) in [4.78, 5) is 5.74. The molecule has 7 nitrogen and oxygen atoms in total. The molecular weight excluding hydrogens is 550 g/mol. The quantitative estimate of drug-likeness (QED) is 0.117. The van der Waals surface area contributed by atoms with Gasteiger partial charge in [-0.3, -0.25) is 0 Å². The second-order valence-electron chi connectivity index (χ2n) is 12.2. The number of rotatable bonds is 15. The summed E-state index contributed by atoms with van der Waals surface area (Å²) in [7, 11) is 0. The van der Waals surface area contributed by atoms with Crippen LogP contribution in [-0.2, 0) is 9.57 Å². The maximum Gasteiger partial charge on any atom is 0.230 e. The molecule has 42 heavy (non-hydrogen) atoms. The lowest BCUT2D eigenvalue weighted by molar-refractivity contribution is -0.223. The molecule has 1 aliphatic heterocycles. The summed E-state index contributed by atoms with van der Waals surface area (Å²) in [5.74, 6) is 0.497. The van der Waals surface area contributed by atoms with E-state index < -0.39 is 5.79 Å². The van der Waals surface area contributed by atoms with Crippen LogP contribution >= 0.6 is 11.8 Å². The van der Waals surface area contributed by atoms with Crippen LogP contribution in [0.25, 0.3) is 0 Å². The standard InChI is InChI=1S/C34H49NO6S/c1-3-19-39-34-31(42-25-12-5-6-13-25)22-29(35-40-4-2)27-20-23(11-7-9-17-36)26(14-8-10-18-37)32(33(27)34)28-21-24(38)15-16-30(28)41-34/h3,15-16,20-21,23,25-26,31-33,36-38H,1,4-14,17-19,22H2,2H3. The number of hydrogen-bond acceptors (Lipinski definition) is 8. The Morgan fingerprint density at radius 2 is 1.88 bits per heavy atom. The van der Waals surface area contributed by atoms with Crippen LogP contribution in [0.1, 0.15) is 89.0 Å². The predicted molar refractivity (Wildman–Crippen MR) is 168 cm³/mol. The zero-order valence-corrected chi connectivity index (χ0v) is 25.9. The normalized spacial score (nSPS) is 31.3. The molecule has 0 saturated heterocycles. The van der Waals surface area contributed by atoms with Crippen molar-refractivity contribution in [1.29, 1.82) is 0 Å². The number of allylic oxidation sites excluding steroid dienone is 1. The predicted octanol–water partition coefficient (Wildman–Crippen LogP) is 6.72. The van der Waals surface area contributed by atoms with Crippen LogP contribution in [0.15, 0.2) is 47.7 Å². The molecule has 6 unspecified atom stereocenters. The molecule has 0 aromatic heterocycles. The number of aliphatic hydroxyl groups is 2. The lowest BCUT2D eigenvalue weighted by Gasteiger charge is -2.58. The van der Waals surface area contributed by atoms with Crippen molar-refractivity contribution in [2.24, 2.45) is 22.9 Å². The minimum atomic E-state index is -0.918. The number of aliphatic hydroxyl groups excluding tert-OH is 2. The maximum atomic E-state index is 10.7. The van der Waals surface area contributed by atoms with Gasteiger partial charge >= 0.3 is 0 Å². The van der Waals surface area contributed by atoms with E-state index >= 15 is 0 Å². The maximum absolute atomic E-state index is 10.7. The molecule has 232 valence electrons. The minimum Gasteiger partial charge on any atom is -0.508 e. The molecule has 1 aromatic carbocycles. The molecule has 0 radical (unpaired) electrons. The van der Waals surface area contributed by atoms with Gasteiger partial charge in [-0.1, -0.05) is 43.0 Å². The molecule has 0 amide bonds. The fourth-order valence-electron chi connectivity index (χ4n) is 7.85. The van der Waals surface area contributed by atoms with Crippen molar-refractivity contribution in [3.63, 3.8) is 0 Å². The number of hydrogen-bond donors (Lipinski definition) is 3. The second kappa shape index (κ2) is 14.7. The highest BCUT2D eigenvalue weighted by atomic mass is 32.2. The van der Waals surface area contributed by atoms with Crippen molar-refractivity contribution in [1.82, 2.24) is 0 Å². The Morgan fingerprint density at radius 3 is 2.60 bits per heavy atom. The molecule has 5 rings (SSSR count). The Kier molecular flexibility index (Phi) is 11.0. The van der Waals surface area contributed by atoms with Crippen LogP contribution in [0.5, 0.6) is 11.5 Å². The number of aromatic hydroxyl groups is 1. The topological polar surface area (TPSA) is 101 Å². The van der Waals surface area contributed by atoms with Gasteiger partial charge in [0, 0.05) is 36.4 Å². The fourth-order valence-corrected chi connectivity index (χ4v) is 9.63. The Labute approximate surface area is 255 Å². The molecule has 0 bridgehead atoms. The smallest absolute Gasteiger partial charge is 0.230 e. The largest absolute Gasteiger partial charge is 0.508 e. The Hall–Kier alpha value is -2.00. The van der Waals surface area contributed by atoms with Crippen molar-refractivity contribution in [2.75, 3.05) is 26.4 Å². The van der Waals surface area contributed by atoms with E-state index in [0.717, 1.165) is 61.1 Å². The van der Waals surface area contributed by atoms with Gasteiger partial charge in [0.05, 0.1) is 23.5 Å². The molecule has 8 heteroatoms. The first kappa shape index (κ1) is 31.4. The minimum absolute atomic E-state index is 0.00962. The third-order valence-electron chi connectivity index (χ3n) is 9.60. The summed E-state index contributed by atoms with van der Waals surface area (Å²) in [5, 5.41) is 35.3.